The molecule has 0 atom stereocenters. The van der Waals surface area contributed by atoms with Gasteiger partial charge < -0.3 is 0 Å². The van der Waals surface area contributed by atoms with Gasteiger partial charge in [0.1, 0.15) is 5.82 Å². The maximum Gasteiger partial charge on any atom is 0.262 e. The number of hydrogen-bond donors (Lipinski definition) is 2. The predicted molar refractivity (Wildman–Crippen MR) is 113 cm³/mol. The van der Waals surface area contributed by atoms with E-state index in [0.717, 1.165) is 23.3 Å². The number of pyridine rings is 1. The average Bonchev–Trinajstić information content (AvgIpc) is 3.17. The molecule has 0 fully saturated rings. The van der Waals surface area contributed by atoms with Crippen LogP contribution in [0.25, 0.3) is 11.0 Å². The van der Waals surface area contributed by atoms with Crippen LogP contribution >= 0.6 is 0 Å². The van der Waals surface area contributed by atoms with Crippen molar-refractivity contribution >= 4 is 26.7 Å². The number of aromatic amines is 1. The molecule has 0 amide bonds. The van der Waals surface area contributed by atoms with Crippen LogP contribution in [0.5, 0.6) is 0 Å². The van der Waals surface area contributed by atoms with E-state index in [4.69, 9.17) is 0 Å². The van der Waals surface area contributed by atoms with Crippen molar-refractivity contribution in [3.05, 3.63) is 82.7 Å². The average molecular weight is 438 g/mol. The summed E-state index contributed by atoms with van der Waals surface area (Å²) < 4.78 is 56.8. The van der Waals surface area contributed by atoms with E-state index < -0.39 is 32.9 Å². The molecule has 31 heavy (non-hydrogen) atoms. The van der Waals surface area contributed by atoms with Crippen LogP contribution in [0, 0.1) is 37.3 Å². The van der Waals surface area contributed by atoms with Crippen molar-refractivity contribution in [3.8, 4) is 11.8 Å². The van der Waals surface area contributed by atoms with Gasteiger partial charge >= 0.3 is 0 Å². The van der Waals surface area contributed by atoms with Crippen LogP contribution in [0.4, 0.5) is 14.5 Å². The molecule has 4 rings (SSSR count). The lowest BCUT2D eigenvalue weighted by atomic mass is 10.1. The summed E-state index contributed by atoms with van der Waals surface area (Å²) in [6, 6.07) is 8.41. The molecule has 2 heterocycles. The molecule has 2 aromatic carbocycles. The maximum atomic E-state index is 14.9. The Hall–Kier alpha value is -3.77. The van der Waals surface area contributed by atoms with Gasteiger partial charge in [0.05, 0.1) is 22.3 Å². The van der Waals surface area contributed by atoms with Gasteiger partial charge in [0, 0.05) is 17.1 Å². The molecule has 6 nitrogen and oxygen atoms in total. The number of benzene rings is 2. The van der Waals surface area contributed by atoms with Crippen molar-refractivity contribution in [2.75, 3.05) is 4.72 Å². The number of halogens is 2. The van der Waals surface area contributed by atoms with Crippen LogP contribution in [-0.4, -0.2) is 23.6 Å². The van der Waals surface area contributed by atoms with Gasteiger partial charge in [-0.2, -0.15) is 5.10 Å². The second kappa shape index (κ2) is 7.81. The van der Waals surface area contributed by atoms with E-state index in [1.165, 1.54) is 18.3 Å². The molecule has 0 spiro atoms. The zero-order chi connectivity index (χ0) is 22.2. The van der Waals surface area contributed by atoms with E-state index in [9.17, 15) is 17.2 Å². The largest absolute Gasteiger partial charge is 0.277 e. The van der Waals surface area contributed by atoms with Crippen molar-refractivity contribution in [1.29, 1.82) is 0 Å². The molecule has 2 N–H and O–H groups in total. The first-order valence-corrected chi connectivity index (χ1v) is 10.6. The summed E-state index contributed by atoms with van der Waals surface area (Å²) in [6.45, 7) is 3.52. The molecule has 0 saturated heterocycles. The highest BCUT2D eigenvalue weighted by atomic mass is 32.2. The van der Waals surface area contributed by atoms with Crippen molar-refractivity contribution in [1.82, 2.24) is 15.2 Å². The SMILES string of the molecule is Cc1cc(C)cc(S(=O)(=O)Nc2ccc(F)c(C#Cc3cnc4[nH]ncc4c3)c2F)c1. The lowest BCUT2D eigenvalue weighted by Gasteiger charge is -2.11. The van der Waals surface area contributed by atoms with Crippen LogP contribution in [0.3, 0.4) is 0 Å². The third-order valence-electron chi connectivity index (χ3n) is 4.46. The minimum atomic E-state index is -4.08. The van der Waals surface area contributed by atoms with Crippen molar-refractivity contribution in [3.63, 3.8) is 0 Å². The number of rotatable bonds is 3. The van der Waals surface area contributed by atoms with E-state index in [2.05, 4.69) is 31.7 Å². The smallest absolute Gasteiger partial charge is 0.262 e. The standard InChI is InChI=1S/C22H16F2N4O2S/c1-13-7-14(2)9-17(8-13)31(29,30)28-20-6-5-19(23)18(21(20)24)4-3-15-10-16-12-26-27-22(16)25-11-15/h5-12,28H,1-2H3,(H,25,26,27). The predicted octanol–water partition coefficient (Wildman–Crippen LogP) is 4.05. The number of nitrogens with zero attached hydrogens (tertiary/aromatic N) is 2. The topological polar surface area (TPSA) is 87.7 Å². The molecule has 0 unspecified atom stereocenters. The molecule has 156 valence electrons. The second-order valence-corrected chi connectivity index (χ2v) is 8.68. The zero-order valence-electron chi connectivity index (χ0n) is 16.5. The second-order valence-electron chi connectivity index (χ2n) is 6.99. The van der Waals surface area contributed by atoms with E-state index in [1.54, 1.807) is 26.1 Å². The molecule has 4 aromatic rings. The number of anilines is 1. The molecule has 0 aliphatic carbocycles. The number of nitrogens with one attached hydrogen (secondary N) is 2. The molecule has 0 aliphatic rings. The Morgan fingerprint density at radius 2 is 1.74 bits per heavy atom. The summed E-state index contributed by atoms with van der Waals surface area (Å²) in [4.78, 5) is 4.10. The first kappa shape index (κ1) is 20.5. The number of aromatic nitrogens is 3. The lowest BCUT2D eigenvalue weighted by molar-refractivity contribution is 0.578. The minimum absolute atomic E-state index is 0.0131. The van der Waals surface area contributed by atoms with Gasteiger partial charge in [0.2, 0.25) is 0 Å². The van der Waals surface area contributed by atoms with E-state index in [0.29, 0.717) is 16.6 Å². The van der Waals surface area contributed by atoms with Crippen LogP contribution in [0.15, 0.2) is 53.7 Å². The monoisotopic (exact) mass is 438 g/mol. The van der Waals surface area contributed by atoms with Gasteiger partial charge in [-0.1, -0.05) is 17.9 Å². The third kappa shape index (κ3) is 4.25. The molecular formula is C22H16F2N4O2S. The first-order chi connectivity index (χ1) is 14.7. The van der Waals surface area contributed by atoms with Crippen LogP contribution < -0.4 is 4.72 Å². The Morgan fingerprint density at radius 1 is 1.00 bits per heavy atom. The molecule has 0 radical (unpaired) electrons. The number of sulfonamides is 1. The van der Waals surface area contributed by atoms with Crippen LogP contribution in [0.1, 0.15) is 22.3 Å². The summed E-state index contributed by atoms with van der Waals surface area (Å²) in [5, 5.41) is 7.24. The Balaban J connectivity index is 1.69. The van der Waals surface area contributed by atoms with Gasteiger partial charge in [0.25, 0.3) is 10.0 Å². The Labute approximate surface area is 177 Å². The third-order valence-corrected chi connectivity index (χ3v) is 5.81. The number of fused-ring (bicyclic) bond motifs is 1. The van der Waals surface area contributed by atoms with Crippen molar-refractivity contribution in [2.24, 2.45) is 0 Å². The minimum Gasteiger partial charge on any atom is -0.277 e. The number of H-pyrrole nitrogens is 1. The number of hydrogen-bond acceptors (Lipinski definition) is 4. The van der Waals surface area contributed by atoms with E-state index in [1.807, 2.05) is 6.07 Å². The first-order valence-electron chi connectivity index (χ1n) is 9.13. The highest BCUT2D eigenvalue weighted by Crippen LogP contribution is 2.24. The number of aryl methyl sites for hydroxylation is 2. The normalized spacial score (nSPS) is 11.2. The van der Waals surface area contributed by atoms with Gasteiger partial charge in [0.15, 0.2) is 11.5 Å². The fourth-order valence-electron chi connectivity index (χ4n) is 3.08. The lowest BCUT2D eigenvalue weighted by Crippen LogP contribution is -2.15. The van der Waals surface area contributed by atoms with Crippen LogP contribution in [-0.2, 0) is 10.0 Å². The summed E-state index contributed by atoms with van der Waals surface area (Å²) in [6.07, 6.45) is 2.99. The van der Waals surface area contributed by atoms with E-state index in [-0.39, 0.29) is 4.90 Å². The molecule has 0 saturated carbocycles. The quantitative estimate of drug-likeness (QED) is 0.473. The fourth-order valence-corrected chi connectivity index (χ4v) is 4.32. The Kier molecular flexibility index (Phi) is 5.17. The Bertz CT molecular complexity index is 1460. The highest BCUT2D eigenvalue weighted by molar-refractivity contribution is 7.92. The van der Waals surface area contributed by atoms with Gasteiger partial charge in [-0.25, -0.2) is 22.2 Å². The van der Waals surface area contributed by atoms with Crippen LogP contribution in [0.2, 0.25) is 0 Å². The summed E-state index contributed by atoms with van der Waals surface area (Å²) in [5.74, 6) is 3.08. The van der Waals surface area contributed by atoms with Crippen molar-refractivity contribution in [2.45, 2.75) is 18.7 Å². The fraction of sp³-hybridized carbons (Fsp3) is 0.0909. The van der Waals surface area contributed by atoms with Gasteiger partial charge in [-0.3, -0.25) is 9.82 Å². The molecule has 0 aliphatic heterocycles. The summed E-state index contributed by atoms with van der Waals surface area (Å²) >= 11 is 0. The van der Waals surface area contributed by atoms with E-state index >= 15 is 0 Å². The summed E-state index contributed by atoms with van der Waals surface area (Å²) in [7, 11) is -4.08. The maximum absolute atomic E-state index is 14.9. The molecule has 0 bridgehead atoms. The molecule has 2 aromatic heterocycles. The van der Waals surface area contributed by atoms with Crippen molar-refractivity contribution < 1.29 is 17.2 Å². The van der Waals surface area contributed by atoms with Gasteiger partial charge in [-0.05, 0) is 55.3 Å². The highest BCUT2D eigenvalue weighted by Gasteiger charge is 2.20. The summed E-state index contributed by atoms with van der Waals surface area (Å²) in [5.41, 5.74) is 1.53. The molecular weight excluding hydrogens is 422 g/mol. The Morgan fingerprint density at radius 3 is 2.48 bits per heavy atom. The zero-order valence-corrected chi connectivity index (χ0v) is 17.3. The van der Waals surface area contributed by atoms with Gasteiger partial charge in [-0.15, -0.1) is 0 Å². The molecule has 9 heteroatoms.